The average Bonchev–Trinajstić information content (AvgIpc) is 2.64. The van der Waals surface area contributed by atoms with Gasteiger partial charge in [0.1, 0.15) is 9.39 Å². The average molecular weight is 376 g/mol. The summed E-state index contributed by atoms with van der Waals surface area (Å²) in [6.07, 6.45) is 0. The largest absolute Gasteiger partial charge is 0.378 e. The molecule has 2 heterocycles. The zero-order valence-corrected chi connectivity index (χ0v) is 13.3. The number of aryl methyl sites for hydroxylation is 2. The lowest BCUT2D eigenvalue weighted by Gasteiger charge is -2.05. The van der Waals surface area contributed by atoms with Crippen molar-refractivity contribution in [1.29, 1.82) is 0 Å². The van der Waals surface area contributed by atoms with Crippen LogP contribution in [0.5, 0.6) is 0 Å². The number of nitrogens with zero attached hydrogens (tertiary/aromatic N) is 1. The van der Waals surface area contributed by atoms with Gasteiger partial charge in [0, 0.05) is 22.4 Å². The standard InChI is InChI=1S/C12H13IN2O2S/c1-6-4-8(7(2)18-6)11-14-9(5-17-3)10(13)12(16)15-11/h4H,5H2,1-3H3,(H,14,15,16). The zero-order chi connectivity index (χ0) is 13.3. The summed E-state index contributed by atoms with van der Waals surface area (Å²) < 4.78 is 5.66. The Hall–Kier alpha value is -0.730. The Kier molecular flexibility index (Phi) is 4.18. The summed E-state index contributed by atoms with van der Waals surface area (Å²) in [5.41, 5.74) is 1.55. The molecule has 0 unspecified atom stereocenters. The third-order valence-electron chi connectivity index (χ3n) is 2.51. The van der Waals surface area contributed by atoms with Crippen LogP contribution in [0.1, 0.15) is 15.4 Å². The monoisotopic (exact) mass is 376 g/mol. The molecule has 0 amide bonds. The summed E-state index contributed by atoms with van der Waals surface area (Å²) in [5.74, 6) is 0.620. The van der Waals surface area contributed by atoms with Gasteiger partial charge in [-0.15, -0.1) is 11.3 Å². The number of nitrogens with one attached hydrogen (secondary N) is 1. The molecule has 0 saturated heterocycles. The lowest BCUT2D eigenvalue weighted by molar-refractivity contribution is 0.180. The maximum absolute atomic E-state index is 11.9. The Morgan fingerprint density at radius 2 is 2.22 bits per heavy atom. The highest BCUT2D eigenvalue weighted by Gasteiger charge is 2.13. The molecular weight excluding hydrogens is 363 g/mol. The summed E-state index contributed by atoms with van der Waals surface area (Å²) in [6.45, 7) is 4.42. The number of rotatable bonds is 3. The van der Waals surface area contributed by atoms with Crippen LogP contribution in [0.2, 0.25) is 0 Å². The van der Waals surface area contributed by atoms with E-state index in [4.69, 9.17) is 4.74 Å². The number of H-pyrrole nitrogens is 1. The lowest BCUT2D eigenvalue weighted by Crippen LogP contribution is -2.16. The van der Waals surface area contributed by atoms with Crippen molar-refractivity contribution in [3.05, 3.63) is 35.4 Å². The van der Waals surface area contributed by atoms with E-state index in [0.717, 1.165) is 10.4 Å². The fourth-order valence-electron chi connectivity index (χ4n) is 1.73. The number of methoxy groups -OCH3 is 1. The molecule has 2 rings (SSSR count). The molecule has 0 bridgehead atoms. The van der Waals surface area contributed by atoms with Gasteiger partial charge in [0.15, 0.2) is 0 Å². The molecule has 2 aromatic rings. The summed E-state index contributed by atoms with van der Waals surface area (Å²) >= 11 is 3.69. The van der Waals surface area contributed by atoms with Crippen LogP contribution in [0, 0.1) is 17.4 Å². The molecule has 0 aliphatic carbocycles. The molecule has 2 aromatic heterocycles. The molecule has 18 heavy (non-hydrogen) atoms. The molecule has 0 aliphatic heterocycles. The highest BCUT2D eigenvalue weighted by Crippen LogP contribution is 2.28. The maximum Gasteiger partial charge on any atom is 0.264 e. The molecule has 96 valence electrons. The number of halogens is 1. The second-order valence-electron chi connectivity index (χ2n) is 3.94. The van der Waals surface area contributed by atoms with Crippen LogP contribution in [0.15, 0.2) is 10.9 Å². The Bertz CT molecular complexity index is 633. The van der Waals surface area contributed by atoms with E-state index >= 15 is 0 Å². The molecular formula is C12H13IN2O2S. The van der Waals surface area contributed by atoms with Crippen LogP contribution in [0.3, 0.4) is 0 Å². The highest BCUT2D eigenvalue weighted by molar-refractivity contribution is 14.1. The SMILES string of the molecule is COCc1nc(-c2cc(C)sc2C)[nH]c(=O)c1I. The number of thiophene rings is 1. The van der Waals surface area contributed by atoms with Crippen LogP contribution in [-0.4, -0.2) is 17.1 Å². The van der Waals surface area contributed by atoms with E-state index in [-0.39, 0.29) is 5.56 Å². The molecule has 1 N–H and O–H groups in total. The van der Waals surface area contributed by atoms with Crippen molar-refractivity contribution in [1.82, 2.24) is 9.97 Å². The molecule has 0 aliphatic rings. The minimum Gasteiger partial charge on any atom is -0.378 e. The van der Waals surface area contributed by atoms with Gasteiger partial charge < -0.3 is 9.72 Å². The van der Waals surface area contributed by atoms with E-state index < -0.39 is 0 Å². The van der Waals surface area contributed by atoms with Crippen LogP contribution in [-0.2, 0) is 11.3 Å². The molecule has 0 radical (unpaired) electrons. The normalized spacial score (nSPS) is 10.9. The minimum absolute atomic E-state index is 0.115. The predicted octanol–water partition coefficient (Wildman–Crippen LogP) is 2.87. The zero-order valence-electron chi connectivity index (χ0n) is 10.3. The number of aromatic nitrogens is 2. The van der Waals surface area contributed by atoms with Crippen LogP contribution < -0.4 is 5.56 Å². The van der Waals surface area contributed by atoms with Gasteiger partial charge in [-0.3, -0.25) is 4.79 Å². The van der Waals surface area contributed by atoms with E-state index in [1.54, 1.807) is 18.4 Å². The van der Waals surface area contributed by atoms with Gasteiger partial charge >= 0.3 is 0 Å². The maximum atomic E-state index is 11.9. The number of hydrogen-bond acceptors (Lipinski definition) is 4. The quantitative estimate of drug-likeness (QED) is 0.839. The lowest BCUT2D eigenvalue weighted by atomic mass is 10.2. The first kappa shape index (κ1) is 13.7. The van der Waals surface area contributed by atoms with Crippen LogP contribution >= 0.6 is 33.9 Å². The Balaban J connectivity index is 2.59. The van der Waals surface area contributed by atoms with E-state index in [9.17, 15) is 4.79 Å². The molecule has 4 nitrogen and oxygen atoms in total. The van der Waals surface area contributed by atoms with Gasteiger partial charge in [-0.25, -0.2) is 4.98 Å². The number of aromatic amines is 1. The third-order valence-corrected chi connectivity index (χ3v) is 4.59. The predicted molar refractivity (Wildman–Crippen MR) is 81.1 cm³/mol. The minimum atomic E-state index is -0.115. The second-order valence-corrected chi connectivity index (χ2v) is 6.47. The van der Waals surface area contributed by atoms with Crippen LogP contribution in [0.25, 0.3) is 11.4 Å². The van der Waals surface area contributed by atoms with Crippen molar-refractivity contribution in [3.63, 3.8) is 0 Å². The molecule has 6 heteroatoms. The Labute approximate surface area is 123 Å². The first-order valence-corrected chi connectivity index (χ1v) is 7.27. The summed E-state index contributed by atoms with van der Waals surface area (Å²) in [4.78, 5) is 21.5. The van der Waals surface area contributed by atoms with E-state index in [1.165, 1.54) is 4.88 Å². The topological polar surface area (TPSA) is 55.0 Å². The second kappa shape index (κ2) is 5.50. The van der Waals surface area contributed by atoms with Gasteiger partial charge in [0.25, 0.3) is 5.56 Å². The van der Waals surface area contributed by atoms with Gasteiger partial charge in [-0.2, -0.15) is 0 Å². The van der Waals surface area contributed by atoms with Crippen molar-refractivity contribution in [2.45, 2.75) is 20.5 Å². The van der Waals surface area contributed by atoms with Crippen molar-refractivity contribution in [2.24, 2.45) is 0 Å². The van der Waals surface area contributed by atoms with Crippen molar-refractivity contribution < 1.29 is 4.74 Å². The number of hydrogen-bond donors (Lipinski definition) is 1. The smallest absolute Gasteiger partial charge is 0.264 e. The van der Waals surface area contributed by atoms with Crippen molar-refractivity contribution in [3.8, 4) is 11.4 Å². The van der Waals surface area contributed by atoms with E-state index in [2.05, 4.69) is 9.97 Å². The molecule has 0 spiro atoms. The molecule has 0 fully saturated rings. The summed E-state index contributed by atoms with van der Waals surface area (Å²) in [5, 5.41) is 0. The van der Waals surface area contributed by atoms with E-state index in [1.807, 2.05) is 42.5 Å². The molecule has 0 atom stereocenters. The van der Waals surface area contributed by atoms with Gasteiger partial charge in [0.2, 0.25) is 0 Å². The fourth-order valence-corrected chi connectivity index (χ4v) is 3.07. The Morgan fingerprint density at radius 3 is 2.78 bits per heavy atom. The van der Waals surface area contributed by atoms with Gasteiger partial charge in [0.05, 0.1) is 12.3 Å². The first-order chi connectivity index (χ1) is 8.52. The highest BCUT2D eigenvalue weighted by atomic mass is 127. The molecule has 0 saturated carbocycles. The summed E-state index contributed by atoms with van der Waals surface area (Å²) in [6, 6.07) is 2.04. The Morgan fingerprint density at radius 1 is 1.50 bits per heavy atom. The van der Waals surface area contributed by atoms with E-state index in [0.29, 0.717) is 21.7 Å². The van der Waals surface area contributed by atoms with Crippen LogP contribution in [0.4, 0.5) is 0 Å². The number of ether oxygens (including phenoxy) is 1. The molecule has 0 aromatic carbocycles. The summed E-state index contributed by atoms with van der Waals surface area (Å²) in [7, 11) is 1.60. The van der Waals surface area contributed by atoms with Crippen molar-refractivity contribution in [2.75, 3.05) is 7.11 Å². The van der Waals surface area contributed by atoms with Gasteiger partial charge in [-0.05, 0) is 42.5 Å². The first-order valence-electron chi connectivity index (χ1n) is 5.38. The van der Waals surface area contributed by atoms with Gasteiger partial charge in [-0.1, -0.05) is 0 Å². The fraction of sp³-hybridized carbons (Fsp3) is 0.333. The van der Waals surface area contributed by atoms with Crippen molar-refractivity contribution >= 4 is 33.9 Å². The third kappa shape index (κ3) is 2.65.